The number of hydrogen-bond acceptors (Lipinski definition) is 1. The van der Waals surface area contributed by atoms with Crippen molar-refractivity contribution in [2.75, 3.05) is 0 Å². The molecule has 80 valence electrons. The molecule has 0 N–H and O–H groups in total. The van der Waals surface area contributed by atoms with Gasteiger partial charge in [0.05, 0.1) is 0 Å². The maximum Gasteiger partial charge on any atom is 0.132 e. The third-order valence-corrected chi connectivity index (χ3v) is 2.12. The monoisotopic (exact) mass is 190 g/mol. The summed E-state index contributed by atoms with van der Waals surface area (Å²) in [6.07, 6.45) is 8.67. The Kier molecular flexibility index (Phi) is 13.5. The molecule has 0 aromatic rings. The topological polar surface area (TPSA) is 17.1 Å². The first-order valence-electron chi connectivity index (χ1n) is 5.33. The minimum Gasteiger partial charge on any atom is -0.300 e. The highest BCUT2D eigenvalue weighted by molar-refractivity contribution is 5.78. The van der Waals surface area contributed by atoms with Crippen molar-refractivity contribution in [1.29, 1.82) is 0 Å². The number of hydrogen-bond donors (Lipinski definition) is 0. The summed E-state index contributed by atoms with van der Waals surface area (Å²) in [5.74, 6) is 0.469. The summed E-state index contributed by atoms with van der Waals surface area (Å²) in [5.41, 5.74) is 0. The third-order valence-electron chi connectivity index (χ3n) is 2.12. The predicted octanol–water partition coefficient (Wildman–Crippen LogP) is 3.87. The molecule has 0 spiro atoms. The van der Waals surface area contributed by atoms with Crippen LogP contribution in [-0.4, -0.2) is 5.78 Å². The number of Topliss-reactive ketones (excluding diaryl/α,β-unsaturated/α-hetero) is 1. The minimum absolute atomic E-state index is 0. The molecule has 2 heteroatoms. The molecule has 0 aliphatic rings. The van der Waals surface area contributed by atoms with Crippen LogP contribution in [0.1, 0.15) is 65.2 Å². The summed E-state index contributed by atoms with van der Waals surface area (Å²) >= 11 is 0. The second-order valence-electron chi connectivity index (χ2n) is 3.45. The number of unbranched alkanes of at least 4 members (excludes halogenated alkanes) is 4. The van der Waals surface area contributed by atoms with Crippen molar-refractivity contribution in [3.63, 3.8) is 0 Å². The number of halogens is 1. The number of rotatable bonds is 8. The zero-order valence-corrected chi connectivity index (χ0v) is 8.97. The van der Waals surface area contributed by atoms with Gasteiger partial charge in [0.25, 0.3) is 0 Å². The zero-order valence-electron chi connectivity index (χ0n) is 8.97. The normalized spacial score (nSPS) is 9.38. The van der Waals surface area contributed by atoms with Crippen molar-refractivity contribution in [2.45, 2.75) is 65.2 Å². The van der Waals surface area contributed by atoms with Crippen molar-refractivity contribution in [1.82, 2.24) is 0 Å². The van der Waals surface area contributed by atoms with Crippen molar-refractivity contribution in [3.05, 3.63) is 0 Å². The average Bonchev–Trinajstić information content (AvgIpc) is 2.06. The quantitative estimate of drug-likeness (QED) is 0.531. The second kappa shape index (κ2) is 11.6. The van der Waals surface area contributed by atoms with Crippen LogP contribution in [0.15, 0.2) is 0 Å². The van der Waals surface area contributed by atoms with Gasteiger partial charge in [-0.15, -0.1) is 0 Å². The van der Waals surface area contributed by atoms with Crippen LogP contribution in [-0.2, 0) is 4.79 Å². The van der Waals surface area contributed by atoms with E-state index in [-0.39, 0.29) is 4.70 Å². The summed E-state index contributed by atoms with van der Waals surface area (Å²) in [6.45, 7) is 4.34. The van der Waals surface area contributed by atoms with E-state index >= 15 is 0 Å². The molecule has 0 radical (unpaired) electrons. The van der Waals surface area contributed by atoms with Crippen LogP contribution in [0.5, 0.6) is 0 Å². The third kappa shape index (κ3) is 11.6. The van der Waals surface area contributed by atoms with Gasteiger partial charge in [-0.2, -0.15) is 0 Å². The van der Waals surface area contributed by atoms with Crippen LogP contribution in [0.25, 0.3) is 0 Å². The van der Waals surface area contributed by atoms with E-state index in [9.17, 15) is 4.79 Å². The lowest BCUT2D eigenvalue weighted by atomic mass is 10.1. The van der Waals surface area contributed by atoms with Gasteiger partial charge in [0, 0.05) is 12.8 Å². The molecule has 0 aromatic carbocycles. The average molecular weight is 190 g/mol. The number of ketones is 1. The van der Waals surface area contributed by atoms with Crippen LogP contribution in [0, 0.1) is 0 Å². The first kappa shape index (κ1) is 15.1. The Morgan fingerprint density at radius 1 is 0.846 bits per heavy atom. The molecule has 0 amide bonds. The van der Waals surface area contributed by atoms with E-state index in [4.69, 9.17) is 0 Å². The highest BCUT2D eigenvalue weighted by Crippen LogP contribution is 2.05. The number of carbonyl (C=O) groups excluding carboxylic acids is 1. The summed E-state index contributed by atoms with van der Waals surface area (Å²) in [6, 6.07) is 0. The molecule has 13 heavy (non-hydrogen) atoms. The van der Waals surface area contributed by atoms with E-state index in [2.05, 4.69) is 13.8 Å². The summed E-state index contributed by atoms with van der Waals surface area (Å²) in [5, 5.41) is 0. The van der Waals surface area contributed by atoms with E-state index in [0.717, 1.165) is 25.7 Å². The van der Waals surface area contributed by atoms with E-state index < -0.39 is 0 Å². The molecule has 0 aromatic heterocycles. The SMILES string of the molecule is CCCCCC(=O)CCCCC.F. The Morgan fingerprint density at radius 2 is 1.23 bits per heavy atom. The number of carbonyl (C=O) groups is 1. The molecule has 0 rings (SSSR count). The van der Waals surface area contributed by atoms with E-state index in [0.29, 0.717) is 5.78 Å². The van der Waals surface area contributed by atoms with Gasteiger partial charge in [-0.3, -0.25) is 9.50 Å². The van der Waals surface area contributed by atoms with Crippen LogP contribution < -0.4 is 0 Å². The van der Waals surface area contributed by atoms with Gasteiger partial charge in [-0.25, -0.2) is 0 Å². The van der Waals surface area contributed by atoms with Crippen molar-refractivity contribution in [2.24, 2.45) is 0 Å². The van der Waals surface area contributed by atoms with Gasteiger partial charge in [0.15, 0.2) is 0 Å². The molecular formula is C11H23FO. The van der Waals surface area contributed by atoms with Crippen LogP contribution >= 0.6 is 0 Å². The maximum absolute atomic E-state index is 11.2. The molecule has 0 heterocycles. The Balaban J connectivity index is 0. The van der Waals surface area contributed by atoms with Crippen molar-refractivity contribution in [3.8, 4) is 0 Å². The van der Waals surface area contributed by atoms with Gasteiger partial charge in [-0.05, 0) is 12.8 Å². The Morgan fingerprint density at radius 3 is 1.54 bits per heavy atom. The van der Waals surface area contributed by atoms with Crippen molar-refractivity contribution < 1.29 is 9.50 Å². The van der Waals surface area contributed by atoms with Crippen molar-refractivity contribution >= 4 is 5.78 Å². The van der Waals surface area contributed by atoms with Crippen LogP contribution in [0.2, 0.25) is 0 Å². The Labute approximate surface area is 81.3 Å². The van der Waals surface area contributed by atoms with Crippen LogP contribution in [0.3, 0.4) is 0 Å². The first-order valence-corrected chi connectivity index (χ1v) is 5.33. The zero-order chi connectivity index (χ0) is 9.23. The summed E-state index contributed by atoms with van der Waals surface area (Å²) in [4.78, 5) is 11.2. The van der Waals surface area contributed by atoms with E-state index in [1.165, 1.54) is 25.7 Å². The molecule has 0 aliphatic heterocycles. The summed E-state index contributed by atoms with van der Waals surface area (Å²) in [7, 11) is 0. The van der Waals surface area contributed by atoms with Crippen LogP contribution in [0.4, 0.5) is 4.70 Å². The Hall–Kier alpha value is -0.400. The predicted molar refractivity (Wildman–Crippen MR) is 55.8 cm³/mol. The maximum atomic E-state index is 11.2. The Bertz CT molecular complexity index is 101. The molecule has 0 saturated carbocycles. The molecule has 0 atom stereocenters. The van der Waals surface area contributed by atoms with E-state index in [1.54, 1.807) is 0 Å². The molecule has 0 bridgehead atoms. The fraction of sp³-hybridized carbons (Fsp3) is 0.909. The van der Waals surface area contributed by atoms with E-state index in [1.807, 2.05) is 0 Å². The molecule has 0 aliphatic carbocycles. The first-order chi connectivity index (χ1) is 5.81. The molecule has 0 unspecified atom stereocenters. The standard InChI is InChI=1S/C11H22O.FH/c1-3-5-7-9-11(12)10-8-6-4-2;/h3-10H2,1-2H3;1H. The summed E-state index contributed by atoms with van der Waals surface area (Å²) < 4.78 is 0. The largest absolute Gasteiger partial charge is 0.300 e. The highest BCUT2D eigenvalue weighted by atomic mass is 19.0. The lowest BCUT2D eigenvalue weighted by molar-refractivity contribution is -0.119. The molecular weight excluding hydrogens is 167 g/mol. The fourth-order valence-electron chi connectivity index (χ4n) is 1.27. The van der Waals surface area contributed by atoms with Gasteiger partial charge in [0.2, 0.25) is 0 Å². The van der Waals surface area contributed by atoms with Gasteiger partial charge < -0.3 is 0 Å². The molecule has 0 saturated heterocycles. The molecule has 0 fully saturated rings. The highest BCUT2D eigenvalue weighted by Gasteiger charge is 1.99. The van der Waals surface area contributed by atoms with Gasteiger partial charge in [0.1, 0.15) is 5.78 Å². The molecule has 1 nitrogen and oxygen atoms in total. The van der Waals surface area contributed by atoms with Gasteiger partial charge in [-0.1, -0.05) is 39.5 Å². The van der Waals surface area contributed by atoms with Gasteiger partial charge >= 0.3 is 0 Å². The lowest BCUT2D eigenvalue weighted by Gasteiger charge is -1.98. The minimum atomic E-state index is 0. The second-order valence-corrected chi connectivity index (χ2v) is 3.45. The smallest absolute Gasteiger partial charge is 0.132 e. The fourth-order valence-corrected chi connectivity index (χ4v) is 1.27. The lowest BCUT2D eigenvalue weighted by Crippen LogP contribution is -1.96.